The average molecular weight is 256 g/mol. The Morgan fingerprint density at radius 1 is 1.06 bits per heavy atom. The number of rotatable bonds is 2. The molecule has 0 aromatic rings. The van der Waals surface area contributed by atoms with Gasteiger partial charge in [-0.1, -0.05) is 0 Å². The van der Waals surface area contributed by atoms with Crippen LogP contribution in [0.1, 0.15) is 40.5 Å². The van der Waals surface area contributed by atoms with Crippen LogP contribution in [0.2, 0.25) is 0 Å². The van der Waals surface area contributed by atoms with Gasteiger partial charge in [0.1, 0.15) is 0 Å². The summed E-state index contributed by atoms with van der Waals surface area (Å²) in [4.78, 5) is 2.37. The van der Waals surface area contributed by atoms with Crippen LogP contribution >= 0.6 is 0 Å². The zero-order valence-corrected chi connectivity index (χ0v) is 12.3. The second-order valence-corrected chi connectivity index (χ2v) is 7.24. The molecular formula is C14H28N2O2. The van der Waals surface area contributed by atoms with Crippen molar-refractivity contribution in [3.8, 4) is 0 Å². The molecule has 2 aliphatic heterocycles. The standard InChI is InChI=1S/C14H28N2O2/c1-12(2)9-16(10-13(3,4)18-12)11-14(17)5-7-15-8-6-14/h15,17H,5-11H2,1-4H3. The number of hydrogen-bond acceptors (Lipinski definition) is 4. The minimum atomic E-state index is -0.519. The Bertz CT molecular complexity index is 280. The van der Waals surface area contributed by atoms with Crippen molar-refractivity contribution in [1.29, 1.82) is 0 Å². The number of morpholine rings is 1. The summed E-state index contributed by atoms with van der Waals surface area (Å²) >= 11 is 0. The highest BCUT2D eigenvalue weighted by Crippen LogP contribution is 2.30. The van der Waals surface area contributed by atoms with E-state index < -0.39 is 5.60 Å². The summed E-state index contributed by atoms with van der Waals surface area (Å²) in [6, 6.07) is 0. The summed E-state index contributed by atoms with van der Waals surface area (Å²) < 4.78 is 6.08. The average Bonchev–Trinajstić information content (AvgIpc) is 2.11. The molecule has 4 heteroatoms. The van der Waals surface area contributed by atoms with E-state index in [2.05, 4.69) is 37.9 Å². The van der Waals surface area contributed by atoms with Gasteiger partial charge in [0.2, 0.25) is 0 Å². The van der Waals surface area contributed by atoms with E-state index in [-0.39, 0.29) is 11.2 Å². The van der Waals surface area contributed by atoms with Crippen molar-refractivity contribution in [2.75, 3.05) is 32.7 Å². The van der Waals surface area contributed by atoms with Crippen molar-refractivity contribution in [2.45, 2.75) is 57.3 Å². The van der Waals surface area contributed by atoms with E-state index in [1.807, 2.05) is 0 Å². The molecule has 0 saturated carbocycles. The number of ether oxygens (including phenoxy) is 1. The minimum absolute atomic E-state index is 0.134. The van der Waals surface area contributed by atoms with Crippen LogP contribution in [-0.4, -0.2) is 59.5 Å². The monoisotopic (exact) mass is 256 g/mol. The first-order valence-electron chi connectivity index (χ1n) is 7.06. The lowest BCUT2D eigenvalue weighted by Gasteiger charge is -2.49. The summed E-state index contributed by atoms with van der Waals surface area (Å²) in [5, 5.41) is 13.9. The Morgan fingerprint density at radius 3 is 2.06 bits per heavy atom. The molecule has 2 rings (SSSR count). The molecule has 0 aliphatic carbocycles. The molecule has 0 atom stereocenters. The quantitative estimate of drug-likeness (QED) is 0.773. The van der Waals surface area contributed by atoms with Gasteiger partial charge >= 0.3 is 0 Å². The lowest BCUT2D eigenvalue weighted by Crippen LogP contribution is -2.61. The molecule has 0 unspecified atom stereocenters. The largest absolute Gasteiger partial charge is 0.388 e. The first kappa shape index (κ1) is 14.3. The molecule has 2 N–H and O–H groups in total. The van der Waals surface area contributed by atoms with Gasteiger partial charge in [-0.05, 0) is 53.6 Å². The number of nitrogens with one attached hydrogen (secondary N) is 1. The van der Waals surface area contributed by atoms with Gasteiger partial charge in [-0.3, -0.25) is 4.90 Å². The van der Waals surface area contributed by atoms with Crippen LogP contribution < -0.4 is 5.32 Å². The highest BCUT2D eigenvalue weighted by molar-refractivity contribution is 4.94. The van der Waals surface area contributed by atoms with Crippen molar-refractivity contribution in [3.05, 3.63) is 0 Å². The predicted molar refractivity (Wildman–Crippen MR) is 72.7 cm³/mol. The van der Waals surface area contributed by atoms with Gasteiger partial charge in [0.15, 0.2) is 0 Å². The molecule has 2 aliphatic rings. The van der Waals surface area contributed by atoms with E-state index in [1.54, 1.807) is 0 Å². The van der Waals surface area contributed by atoms with Crippen molar-refractivity contribution >= 4 is 0 Å². The highest BCUT2D eigenvalue weighted by Gasteiger charge is 2.41. The van der Waals surface area contributed by atoms with Crippen LogP contribution in [0.5, 0.6) is 0 Å². The summed E-state index contributed by atoms with van der Waals surface area (Å²) in [5.41, 5.74) is -0.787. The van der Waals surface area contributed by atoms with Gasteiger partial charge in [0, 0.05) is 19.6 Å². The molecule has 106 valence electrons. The Hall–Kier alpha value is -0.160. The first-order valence-corrected chi connectivity index (χ1v) is 7.06. The molecule has 2 saturated heterocycles. The van der Waals surface area contributed by atoms with E-state index in [4.69, 9.17) is 4.74 Å². The normalized spacial score (nSPS) is 31.2. The molecule has 0 radical (unpaired) electrons. The van der Waals surface area contributed by atoms with Crippen LogP contribution in [0, 0.1) is 0 Å². The fraction of sp³-hybridized carbons (Fsp3) is 1.00. The smallest absolute Gasteiger partial charge is 0.0798 e. The first-order chi connectivity index (χ1) is 8.20. The van der Waals surface area contributed by atoms with Crippen LogP contribution in [0.15, 0.2) is 0 Å². The highest BCUT2D eigenvalue weighted by atomic mass is 16.5. The third-order valence-electron chi connectivity index (χ3n) is 3.81. The number of β-amino-alcohol motifs (C(OH)–C–C–N with tert-alkyl or cyclic N) is 1. The van der Waals surface area contributed by atoms with Gasteiger partial charge in [-0.15, -0.1) is 0 Å². The molecule has 0 spiro atoms. The van der Waals surface area contributed by atoms with Crippen LogP contribution in [0.4, 0.5) is 0 Å². The number of aliphatic hydroxyl groups is 1. The van der Waals surface area contributed by atoms with Crippen molar-refractivity contribution < 1.29 is 9.84 Å². The van der Waals surface area contributed by atoms with Gasteiger partial charge in [-0.2, -0.15) is 0 Å². The fourth-order valence-corrected chi connectivity index (χ4v) is 3.52. The number of piperidine rings is 1. The topological polar surface area (TPSA) is 44.7 Å². The minimum Gasteiger partial charge on any atom is -0.388 e. The predicted octanol–water partition coefficient (Wildman–Crippen LogP) is 0.990. The van der Waals surface area contributed by atoms with E-state index in [9.17, 15) is 5.11 Å². The Balaban J connectivity index is 2.00. The van der Waals surface area contributed by atoms with Gasteiger partial charge in [0.05, 0.1) is 16.8 Å². The third-order valence-corrected chi connectivity index (χ3v) is 3.81. The lowest BCUT2D eigenvalue weighted by molar-refractivity contribution is -0.189. The molecule has 0 amide bonds. The number of hydrogen-bond donors (Lipinski definition) is 2. The lowest BCUT2D eigenvalue weighted by atomic mass is 9.90. The Kier molecular flexibility index (Phi) is 3.76. The third kappa shape index (κ3) is 3.67. The van der Waals surface area contributed by atoms with Crippen LogP contribution in [0.25, 0.3) is 0 Å². The number of nitrogens with zero attached hydrogens (tertiary/aromatic N) is 1. The summed E-state index contributed by atoms with van der Waals surface area (Å²) in [5.74, 6) is 0. The Morgan fingerprint density at radius 2 is 1.56 bits per heavy atom. The van der Waals surface area contributed by atoms with Gasteiger partial charge in [-0.25, -0.2) is 0 Å². The molecule has 18 heavy (non-hydrogen) atoms. The second-order valence-electron chi connectivity index (χ2n) is 7.24. The molecular weight excluding hydrogens is 228 g/mol. The summed E-state index contributed by atoms with van der Waals surface area (Å²) in [6.07, 6.45) is 1.70. The molecule has 0 aromatic carbocycles. The van der Waals surface area contributed by atoms with Gasteiger partial charge < -0.3 is 15.2 Å². The van der Waals surface area contributed by atoms with E-state index in [0.29, 0.717) is 0 Å². The SMILES string of the molecule is CC1(C)CN(CC2(O)CCNCC2)CC(C)(C)O1. The van der Waals surface area contributed by atoms with E-state index >= 15 is 0 Å². The maximum atomic E-state index is 10.6. The summed E-state index contributed by atoms with van der Waals surface area (Å²) in [7, 11) is 0. The van der Waals surface area contributed by atoms with Crippen molar-refractivity contribution in [3.63, 3.8) is 0 Å². The Labute approximate surface area is 111 Å². The molecule has 0 bridgehead atoms. The zero-order valence-electron chi connectivity index (χ0n) is 12.3. The van der Waals surface area contributed by atoms with Crippen molar-refractivity contribution in [1.82, 2.24) is 10.2 Å². The maximum Gasteiger partial charge on any atom is 0.0798 e. The second kappa shape index (κ2) is 4.75. The van der Waals surface area contributed by atoms with Crippen LogP contribution in [-0.2, 0) is 4.74 Å². The summed E-state index contributed by atoms with van der Waals surface area (Å²) in [6.45, 7) is 12.9. The molecule has 2 fully saturated rings. The molecule has 2 heterocycles. The maximum absolute atomic E-state index is 10.6. The van der Waals surface area contributed by atoms with Crippen molar-refractivity contribution in [2.24, 2.45) is 0 Å². The van der Waals surface area contributed by atoms with E-state index in [1.165, 1.54) is 0 Å². The van der Waals surface area contributed by atoms with Crippen LogP contribution in [0.3, 0.4) is 0 Å². The zero-order chi connectivity index (χ0) is 13.4. The van der Waals surface area contributed by atoms with Gasteiger partial charge in [0.25, 0.3) is 0 Å². The fourth-order valence-electron chi connectivity index (χ4n) is 3.52. The molecule has 4 nitrogen and oxygen atoms in total. The molecule has 0 aromatic heterocycles. The van der Waals surface area contributed by atoms with E-state index in [0.717, 1.165) is 45.6 Å².